The molecule has 0 bridgehead atoms. The first-order valence-corrected chi connectivity index (χ1v) is 11.6. The van der Waals surface area contributed by atoms with Gasteiger partial charge in [-0.15, -0.1) is 0 Å². The van der Waals surface area contributed by atoms with Crippen molar-refractivity contribution in [1.29, 1.82) is 0 Å². The zero-order valence-corrected chi connectivity index (χ0v) is 18.7. The van der Waals surface area contributed by atoms with Crippen LogP contribution in [-0.2, 0) is 16.1 Å². The number of piperidine rings is 1. The van der Waals surface area contributed by atoms with Crippen molar-refractivity contribution in [3.63, 3.8) is 0 Å². The van der Waals surface area contributed by atoms with Crippen molar-refractivity contribution in [2.45, 2.75) is 32.7 Å². The van der Waals surface area contributed by atoms with Crippen LogP contribution in [0.4, 0.5) is 10.8 Å². The van der Waals surface area contributed by atoms with E-state index in [2.05, 4.69) is 25.5 Å². The Kier molecular flexibility index (Phi) is 6.79. The number of nitrogens with one attached hydrogen (secondary N) is 2. The number of fused-ring (bicyclic) bond motifs is 1. The minimum atomic E-state index is -0.304. The van der Waals surface area contributed by atoms with Crippen LogP contribution in [0, 0.1) is 5.92 Å². The van der Waals surface area contributed by atoms with E-state index in [9.17, 15) is 14.4 Å². The van der Waals surface area contributed by atoms with Crippen LogP contribution in [0.5, 0.6) is 0 Å². The summed E-state index contributed by atoms with van der Waals surface area (Å²) in [6, 6.07) is 9.08. The molecule has 1 aliphatic rings. The van der Waals surface area contributed by atoms with E-state index >= 15 is 0 Å². The van der Waals surface area contributed by atoms with Crippen molar-refractivity contribution >= 4 is 44.3 Å². The summed E-state index contributed by atoms with van der Waals surface area (Å²) >= 11 is 1.26. The zero-order chi connectivity index (χ0) is 22.5. The van der Waals surface area contributed by atoms with Crippen LogP contribution in [0.1, 0.15) is 26.2 Å². The first kappa shape index (κ1) is 21.9. The summed E-state index contributed by atoms with van der Waals surface area (Å²) in [7, 11) is 0. The number of carbonyl (C=O) groups is 2. The Balaban J connectivity index is 1.48. The minimum Gasteiger partial charge on any atom is -0.356 e. The van der Waals surface area contributed by atoms with Gasteiger partial charge >= 0.3 is 0 Å². The van der Waals surface area contributed by atoms with Gasteiger partial charge in [0.15, 0.2) is 10.8 Å². The number of para-hydroxylation sites is 1. The first-order valence-electron chi connectivity index (χ1n) is 10.8. The lowest BCUT2D eigenvalue weighted by molar-refractivity contribution is -0.125. The number of carbonyl (C=O) groups excluding carboxylic acids is 2. The van der Waals surface area contributed by atoms with E-state index in [4.69, 9.17) is 0 Å². The molecular formula is C22H26N6O3S. The predicted octanol–water partition coefficient (Wildman–Crippen LogP) is 2.23. The summed E-state index contributed by atoms with van der Waals surface area (Å²) in [5.41, 5.74) is 0.741. The summed E-state index contributed by atoms with van der Waals surface area (Å²) < 4.78 is 1.70. The maximum Gasteiger partial charge on any atom is 0.273 e. The topological polar surface area (TPSA) is 109 Å². The van der Waals surface area contributed by atoms with Gasteiger partial charge in [0.05, 0.1) is 5.92 Å². The van der Waals surface area contributed by atoms with Gasteiger partial charge in [0.2, 0.25) is 11.8 Å². The van der Waals surface area contributed by atoms with Crippen molar-refractivity contribution < 1.29 is 9.59 Å². The number of benzene rings is 1. The van der Waals surface area contributed by atoms with Gasteiger partial charge in [-0.25, -0.2) is 4.98 Å². The molecule has 3 aromatic rings. The number of rotatable bonds is 7. The Morgan fingerprint density at radius 2 is 2.06 bits per heavy atom. The molecule has 0 aliphatic carbocycles. The van der Waals surface area contributed by atoms with Gasteiger partial charge in [-0.1, -0.05) is 36.5 Å². The number of hydrogen-bond donors (Lipinski definition) is 2. The molecule has 1 fully saturated rings. The summed E-state index contributed by atoms with van der Waals surface area (Å²) in [6.45, 7) is 3.93. The van der Waals surface area contributed by atoms with Crippen LogP contribution in [0.3, 0.4) is 0 Å². The third-order valence-corrected chi connectivity index (χ3v) is 6.45. The molecule has 168 valence electrons. The normalized spacial score (nSPS) is 16.2. The summed E-state index contributed by atoms with van der Waals surface area (Å²) in [5, 5.41) is 6.42. The van der Waals surface area contributed by atoms with Gasteiger partial charge in [-0.2, -0.15) is 4.98 Å². The molecule has 32 heavy (non-hydrogen) atoms. The molecule has 9 nitrogen and oxygen atoms in total. The highest BCUT2D eigenvalue weighted by Crippen LogP contribution is 2.29. The van der Waals surface area contributed by atoms with Gasteiger partial charge in [0.25, 0.3) is 5.56 Å². The molecule has 0 radical (unpaired) electrons. The second-order valence-electron chi connectivity index (χ2n) is 7.82. The number of anilines is 2. The van der Waals surface area contributed by atoms with Gasteiger partial charge in [-0.05, 0) is 31.4 Å². The number of amides is 2. The van der Waals surface area contributed by atoms with Crippen LogP contribution in [-0.4, -0.2) is 46.0 Å². The second-order valence-corrected chi connectivity index (χ2v) is 8.79. The summed E-state index contributed by atoms with van der Waals surface area (Å²) in [6.07, 6.45) is 3.99. The lowest BCUT2D eigenvalue weighted by Gasteiger charge is -2.31. The van der Waals surface area contributed by atoms with E-state index in [-0.39, 0.29) is 29.8 Å². The van der Waals surface area contributed by atoms with Gasteiger partial charge < -0.3 is 15.5 Å². The average Bonchev–Trinajstić information content (AvgIpc) is 3.25. The Morgan fingerprint density at radius 3 is 2.84 bits per heavy atom. The van der Waals surface area contributed by atoms with E-state index in [0.717, 1.165) is 25.8 Å². The Bertz CT molecular complexity index is 1160. The second kappa shape index (κ2) is 9.90. The van der Waals surface area contributed by atoms with Gasteiger partial charge in [0.1, 0.15) is 17.6 Å². The van der Waals surface area contributed by atoms with E-state index in [1.165, 1.54) is 22.2 Å². The largest absolute Gasteiger partial charge is 0.356 e. The van der Waals surface area contributed by atoms with Crippen molar-refractivity contribution in [3.05, 3.63) is 47.0 Å². The monoisotopic (exact) mass is 454 g/mol. The molecule has 4 rings (SSSR count). The lowest BCUT2D eigenvalue weighted by atomic mass is 9.97. The molecule has 1 aromatic carbocycles. The number of thiazole rings is 1. The molecule has 1 unspecified atom stereocenters. The molecule has 10 heteroatoms. The van der Waals surface area contributed by atoms with Crippen molar-refractivity contribution in [2.75, 3.05) is 29.9 Å². The van der Waals surface area contributed by atoms with Crippen LogP contribution < -0.4 is 21.1 Å². The predicted molar refractivity (Wildman–Crippen MR) is 125 cm³/mol. The molecule has 2 N–H and O–H groups in total. The molecular weight excluding hydrogens is 428 g/mol. The van der Waals surface area contributed by atoms with Gasteiger partial charge in [0, 0.05) is 25.3 Å². The van der Waals surface area contributed by atoms with E-state index in [1.54, 1.807) is 12.1 Å². The molecule has 2 amide bonds. The zero-order valence-electron chi connectivity index (χ0n) is 17.9. The van der Waals surface area contributed by atoms with E-state index in [0.29, 0.717) is 34.3 Å². The number of aromatic nitrogens is 3. The fourth-order valence-corrected chi connectivity index (χ4v) is 4.72. The SMILES string of the molecule is CCCNC(=O)C1CCCN(c2nc3ncn(CC(=O)Nc4ccccc4)c(=O)c3s2)C1. The van der Waals surface area contributed by atoms with Gasteiger partial charge in [-0.3, -0.25) is 19.0 Å². The third kappa shape index (κ3) is 4.96. The molecule has 1 saturated heterocycles. The number of hydrogen-bond acceptors (Lipinski definition) is 7. The Hall–Kier alpha value is -3.27. The van der Waals surface area contributed by atoms with Crippen molar-refractivity contribution in [3.8, 4) is 0 Å². The van der Waals surface area contributed by atoms with Crippen LogP contribution in [0.2, 0.25) is 0 Å². The number of nitrogens with zero attached hydrogens (tertiary/aromatic N) is 4. The molecule has 1 aliphatic heterocycles. The summed E-state index contributed by atoms with van der Waals surface area (Å²) in [5.74, 6) is -0.322. The third-order valence-electron chi connectivity index (χ3n) is 5.36. The Morgan fingerprint density at radius 1 is 1.25 bits per heavy atom. The highest BCUT2D eigenvalue weighted by Gasteiger charge is 2.27. The van der Waals surface area contributed by atoms with Crippen LogP contribution in [0.25, 0.3) is 10.3 Å². The van der Waals surface area contributed by atoms with Crippen LogP contribution >= 0.6 is 11.3 Å². The highest BCUT2D eigenvalue weighted by atomic mass is 32.1. The first-order chi connectivity index (χ1) is 15.5. The van der Waals surface area contributed by atoms with Crippen molar-refractivity contribution in [1.82, 2.24) is 19.9 Å². The molecule has 3 heterocycles. The lowest BCUT2D eigenvalue weighted by Crippen LogP contribution is -2.43. The van der Waals surface area contributed by atoms with E-state index in [1.807, 2.05) is 25.1 Å². The molecule has 0 spiro atoms. The minimum absolute atomic E-state index is 0.0718. The fraction of sp³-hybridized carbons (Fsp3) is 0.409. The van der Waals surface area contributed by atoms with Crippen LogP contribution in [0.15, 0.2) is 41.5 Å². The molecule has 1 atom stereocenters. The van der Waals surface area contributed by atoms with Crippen molar-refractivity contribution in [2.24, 2.45) is 5.92 Å². The maximum atomic E-state index is 12.9. The molecule has 0 saturated carbocycles. The summed E-state index contributed by atoms with van der Waals surface area (Å²) in [4.78, 5) is 48.5. The molecule has 2 aromatic heterocycles. The standard InChI is InChI=1S/C22H26N6O3S/c1-2-10-23-20(30)15-7-6-11-27(12-15)22-26-19-18(32-22)21(31)28(14-24-19)13-17(29)25-16-8-4-3-5-9-16/h3-5,8-9,14-15H,2,6-7,10-13H2,1H3,(H,23,30)(H,25,29). The fourth-order valence-electron chi connectivity index (χ4n) is 3.72. The maximum absolute atomic E-state index is 12.9. The van der Waals surface area contributed by atoms with E-state index < -0.39 is 0 Å². The quantitative estimate of drug-likeness (QED) is 0.567. The Labute approximate surface area is 189 Å². The smallest absolute Gasteiger partial charge is 0.273 e. The average molecular weight is 455 g/mol. The highest BCUT2D eigenvalue weighted by molar-refractivity contribution is 7.22.